The van der Waals surface area contributed by atoms with Crippen LogP contribution in [0, 0.1) is 18.3 Å². The second-order valence-corrected chi connectivity index (χ2v) is 2.98. The van der Waals surface area contributed by atoms with Gasteiger partial charge in [0.15, 0.2) is 5.15 Å². The maximum absolute atomic E-state index is 8.80. The van der Waals surface area contributed by atoms with Crippen LogP contribution in [0.2, 0.25) is 5.15 Å². The molecule has 2 aromatic rings. The van der Waals surface area contributed by atoms with E-state index in [4.69, 9.17) is 16.9 Å². The molecule has 0 spiro atoms. The molecule has 0 atom stereocenters. The average molecular weight is 193 g/mol. The van der Waals surface area contributed by atoms with E-state index in [1.165, 1.54) is 6.33 Å². The Morgan fingerprint density at radius 3 is 3.08 bits per heavy atom. The highest BCUT2D eigenvalue weighted by molar-refractivity contribution is 6.32. The molecule has 0 radical (unpaired) electrons. The predicted molar refractivity (Wildman–Crippen MR) is 47.4 cm³/mol. The lowest BCUT2D eigenvalue weighted by atomic mass is 10.3. The van der Waals surface area contributed by atoms with Gasteiger partial charge in [-0.15, -0.1) is 0 Å². The van der Waals surface area contributed by atoms with Crippen molar-refractivity contribution in [3.8, 4) is 6.07 Å². The van der Waals surface area contributed by atoms with Gasteiger partial charge in [0.05, 0.1) is 5.56 Å². The molecule has 0 saturated heterocycles. The first kappa shape index (κ1) is 8.02. The molecule has 0 aliphatic carbocycles. The SMILES string of the molecule is Cc1cc(C#N)c2c(Cl)ncnn12. The van der Waals surface area contributed by atoms with Crippen LogP contribution in [0.3, 0.4) is 0 Å². The van der Waals surface area contributed by atoms with Crippen LogP contribution in [0.5, 0.6) is 0 Å². The second kappa shape index (κ2) is 2.71. The summed E-state index contributed by atoms with van der Waals surface area (Å²) in [6.07, 6.45) is 1.36. The summed E-state index contributed by atoms with van der Waals surface area (Å²) in [4.78, 5) is 3.81. The first-order chi connectivity index (χ1) is 6.24. The van der Waals surface area contributed by atoms with Crippen LogP contribution in [0.4, 0.5) is 0 Å². The first-order valence-electron chi connectivity index (χ1n) is 3.63. The number of rotatable bonds is 0. The van der Waals surface area contributed by atoms with Gasteiger partial charge in [-0.3, -0.25) is 0 Å². The van der Waals surface area contributed by atoms with Gasteiger partial charge in [-0.25, -0.2) is 9.50 Å². The van der Waals surface area contributed by atoms with Gasteiger partial charge in [-0.1, -0.05) is 11.6 Å². The lowest BCUT2D eigenvalue weighted by molar-refractivity contribution is 0.871. The molecule has 64 valence electrons. The molecule has 2 heterocycles. The summed E-state index contributed by atoms with van der Waals surface area (Å²) >= 11 is 5.83. The van der Waals surface area contributed by atoms with E-state index in [0.717, 1.165) is 5.69 Å². The summed E-state index contributed by atoms with van der Waals surface area (Å²) in [5.74, 6) is 0. The molecule has 13 heavy (non-hydrogen) atoms. The Balaban J connectivity index is 2.99. The Kier molecular flexibility index (Phi) is 1.67. The van der Waals surface area contributed by atoms with Gasteiger partial charge in [0.2, 0.25) is 0 Å². The summed E-state index contributed by atoms with van der Waals surface area (Å²) in [5.41, 5.74) is 1.95. The lowest BCUT2D eigenvalue weighted by Crippen LogP contribution is -1.94. The van der Waals surface area contributed by atoms with Crippen molar-refractivity contribution in [3.63, 3.8) is 0 Å². The van der Waals surface area contributed by atoms with E-state index in [2.05, 4.69) is 10.1 Å². The van der Waals surface area contributed by atoms with E-state index in [1.54, 1.807) is 10.6 Å². The predicted octanol–water partition coefficient (Wildman–Crippen LogP) is 1.56. The van der Waals surface area contributed by atoms with E-state index < -0.39 is 0 Å². The number of aromatic nitrogens is 3. The molecule has 0 amide bonds. The zero-order chi connectivity index (χ0) is 9.42. The highest BCUT2D eigenvalue weighted by Gasteiger charge is 2.10. The summed E-state index contributed by atoms with van der Waals surface area (Å²) in [7, 11) is 0. The summed E-state index contributed by atoms with van der Waals surface area (Å²) in [6, 6.07) is 3.78. The van der Waals surface area contributed by atoms with Crippen LogP contribution in [0.15, 0.2) is 12.4 Å². The molecule has 0 saturated carbocycles. The topological polar surface area (TPSA) is 54.0 Å². The Bertz CT molecular complexity index is 509. The van der Waals surface area contributed by atoms with Crippen molar-refractivity contribution in [1.82, 2.24) is 14.6 Å². The van der Waals surface area contributed by atoms with E-state index in [9.17, 15) is 0 Å². The molecule has 0 aromatic carbocycles. The van der Waals surface area contributed by atoms with E-state index >= 15 is 0 Å². The molecule has 4 nitrogen and oxygen atoms in total. The number of halogens is 1. The molecule has 2 rings (SSSR count). The van der Waals surface area contributed by atoms with Gasteiger partial charge in [0.1, 0.15) is 17.9 Å². The van der Waals surface area contributed by atoms with Crippen LogP contribution in [0.25, 0.3) is 5.52 Å². The van der Waals surface area contributed by atoms with Crippen LogP contribution >= 0.6 is 11.6 Å². The van der Waals surface area contributed by atoms with Gasteiger partial charge in [-0.2, -0.15) is 10.4 Å². The third kappa shape index (κ3) is 1.05. The molecular weight excluding hydrogens is 188 g/mol. The van der Waals surface area contributed by atoms with Crippen LogP contribution in [-0.2, 0) is 0 Å². The minimum Gasteiger partial charge on any atom is -0.232 e. The zero-order valence-electron chi connectivity index (χ0n) is 6.82. The third-order valence-electron chi connectivity index (χ3n) is 1.81. The monoisotopic (exact) mass is 192 g/mol. The lowest BCUT2D eigenvalue weighted by Gasteiger charge is -1.95. The number of hydrogen-bond acceptors (Lipinski definition) is 3. The largest absolute Gasteiger partial charge is 0.232 e. The van der Waals surface area contributed by atoms with Crippen molar-refractivity contribution in [2.24, 2.45) is 0 Å². The minimum absolute atomic E-state index is 0.305. The molecule has 0 aliphatic rings. The summed E-state index contributed by atoms with van der Waals surface area (Å²) in [6.45, 7) is 1.86. The van der Waals surface area contributed by atoms with Crippen molar-refractivity contribution in [3.05, 3.63) is 28.8 Å². The molecule has 0 bridgehead atoms. The second-order valence-electron chi connectivity index (χ2n) is 2.62. The van der Waals surface area contributed by atoms with Crippen molar-refractivity contribution in [1.29, 1.82) is 5.26 Å². The maximum Gasteiger partial charge on any atom is 0.157 e. The third-order valence-corrected chi connectivity index (χ3v) is 2.08. The molecule has 0 aliphatic heterocycles. The van der Waals surface area contributed by atoms with Gasteiger partial charge in [0.25, 0.3) is 0 Å². The number of nitrogens with zero attached hydrogens (tertiary/aromatic N) is 4. The normalized spacial score (nSPS) is 10.2. The fourth-order valence-electron chi connectivity index (χ4n) is 1.25. The van der Waals surface area contributed by atoms with Crippen molar-refractivity contribution in [2.45, 2.75) is 6.92 Å². The van der Waals surface area contributed by atoms with Crippen molar-refractivity contribution < 1.29 is 0 Å². The zero-order valence-corrected chi connectivity index (χ0v) is 7.58. The Morgan fingerprint density at radius 1 is 1.62 bits per heavy atom. The summed E-state index contributed by atoms with van der Waals surface area (Å²) in [5, 5.41) is 13.1. The molecule has 0 unspecified atom stereocenters. The number of hydrogen-bond donors (Lipinski definition) is 0. The van der Waals surface area contributed by atoms with E-state index in [0.29, 0.717) is 16.2 Å². The van der Waals surface area contributed by atoms with E-state index in [-0.39, 0.29) is 0 Å². The Labute approximate surface area is 79.4 Å². The highest BCUT2D eigenvalue weighted by Crippen LogP contribution is 2.20. The van der Waals surface area contributed by atoms with Gasteiger partial charge >= 0.3 is 0 Å². The average Bonchev–Trinajstić information content (AvgIpc) is 2.45. The Morgan fingerprint density at radius 2 is 2.38 bits per heavy atom. The van der Waals surface area contributed by atoms with Gasteiger partial charge in [-0.05, 0) is 13.0 Å². The number of aryl methyl sites for hydroxylation is 1. The first-order valence-corrected chi connectivity index (χ1v) is 4.01. The smallest absolute Gasteiger partial charge is 0.157 e. The van der Waals surface area contributed by atoms with Gasteiger partial charge in [0, 0.05) is 5.69 Å². The fourth-order valence-corrected chi connectivity index (χ4v) is 1.48. The van der Waals surface area contributed by atoms with Crippen molar-refractivity contribution >= 4 is 17.1 Å². The fraction of sp³-hybridized carbons (Fsp3) is 0.125. The standard InChI is InChI=1S/C8H5ClN4/c1-5-2-6(3-10)7-8(9)11-4-12-13(5)7/h2,4H,1H3. The quantitative estimate of drug-likeness (QED) is 0.637. The van der Waals surface area contributed by atoms with Gasteiger partial charge < -0.3 is 0 Å². The molecular formula is C8H5ClN4. The van der Waals surface area contributed by atoms with Crippen LogP contribution in [0.1, 0.15) is 11.3 Å². The highest BCUT2D eigenvalue weighted by atomic mass is 35.5. The Hall–Kier alpha value is -1.60. The van der Waals surface area contributed by atoms with Crippen LogP contribution in [-0.4, -0.2) is 14.6 Å². The van der Waals surface area contributed by atoms with Crippen molar-refractivity contribution in [2.75, 3.05) is 0 Å². The summed E-state index contributed by atoms with van der Waals surface area (Å²) < 4.78 is 1.61. The molecule has 2 aromatic heterocycles. The molecule has 5 heteroatoms. The number of nitriles is 1. The number of fused-ring (bicyclic) bond motifs is 1. The maximum atomic E-state index is 8.80. The van der Waals surface area contributed by atoms with Crippen LogP contribution < -0.4 is 0 Å². The molecule has 0 N–H and O–H groups in total. The van der Waals surface area contributed by atoms with E-state index in [1.807, 2.05) is 13.0 Å². The minimum atomic E-state index is 0.305. The molecule has 0 fully saturated rings.